The second-order valence-corrected chi connectivity index (χ2v) is 10.2. The fourth-order valence-corrected chi connectivity index (χ4v) is 4.54. The second-order valence-electron chi connectivity index (χ2n) is 8.16. The average Bonchev–Trinajstić information content (AvgIpc) is 2.80. The van der Waals surface area contributed by atoms with Gasteiger partial charge < -0.3 is 25.4 Å². The van der Waals surface area contributed by atoms with Gasteiger partial charge in [-0.25, -0.2) is 13.2 Å². The molecule has 0 radical (unpaired) electrons. The van der Waals surface area contributed by atoms with Gasteiger partial charge in [0.2, 0.25) is 0 Å². The molecule has 35 heavy (non-hydrogen) atoms. The molecule has 2 amide bonds. The largest absolute Gasteiger partial charge is 0.465 e. The SMILES string of the molecule is CCOC(=O)[C@H](NCS(=O)(=O)c1ccc(C)cc1)NC(=O)C1(C)Oc2cc(N)ccc2N(C)C1=O. The fourth-order valence-electron chi connectivity index (χ4n) is 3.44. The van der Waals surface area contributed by atoms with Gasteiger partial charge >= 0.3 is 5.97 Å². The zero-order chi connectivity index (χ0) is 26.0. The molecule has 3 rings (SSSR count). The van der Waals surface area contributed by atoms with Crippen molar-refractivity contribution < 1.29 is 32.3 Å². The zero-order valence-corrected chi connectivity index (χ0v) is 20.6. The van der Waals surface area contributed by atoms with E-state index in [1.54, 1.807) is 31.2 Å². The van der Waals surface area contributed by atoms with Crippen LogP contribution in [0.3, 0.4) is 0 Å². The number of nitrogens with one attached hydrogen (secondary N) is 2. The summed E-state index contributed by atoms with van der Waals surface area (Å²) < 4.78 is 36.1. The lowest BCUT2D eigenvalue weighted by atomic mass is 10.00. The number of aryl methyl sites for hydroxylation is 1. The van der Waals surface area contributed by atoms with E-state index in [4.69, 9.17) is 15.2 Å². The van der Waals surface area contributed by atoms with Gasteiger partial charge in [-0.1, -0.05) is 17.7 Å². The summed E-state index contributed by atoms with van der Waals surface area (Å²) in [5.41, 5.74) is 5.41. The van der Waals surface area contributed by atoms with Crippen LogP contribution in [0.15, 0.2) is 47.4 Å². The highest BCUT2D eigenvalue weighted by Crippen LogP contribution is 2.38. The van der Waals surface area contributed by atoms with Gasteiger partial charge in [-0.05, 0) is 45.0 Å². The Morgan fingerprint density at radius 3 is 2.49 bits per heavy atom. The summed E-state index contributed by atoms with van der Waals surface area (Å²) >= 11 is 0. The number of hydrogen-bond acceptors (Lipinski definition) is 9. The Morgan fingerprint density at radius 2 is 1.86 bits per heavy atom. The molecule has 0 saturated heterocycles. The number of nitrogens with zero attached hydrogens (tertiary/aromatic N) is 1. The number of nitrogens with two attached hydrogens (primary N) is 1. The van der Waals surface area contributed by atoms with E-state index in [1.807, 2.05) is 6.92 Å². The Bertz CT molecular complexity index is 1250. The molecule has 0 spiro atoms. The summed E-state index contributed by atoms with van der Waals surface area (Å²) in [5.74, 6) is -3.06. The number of carbonyl (C=O) groups excluding carboxylic acids is 3. The Morgan fingerprint density at radius 1 is 1.20 bits per heavy atom. The molecule has 12 heteroatoms. The lowest BCUT2D eigenvalue weighted by Gasteiger charge is -2.38. The van der Waals surface area contributed by atoms with Gasteiger partial charge in [0.05, 0.1) is 17.2 Å². The molecule has 0 aromatic heterocycles. The van der Waals surface area contributed by atoms with Crippen molar-refractivity contribution >= 4 is 39.0 Å². The van der Waals surface area contributed by atoms with Crippen molar-refractivity contribution in [3.63, 3.8) is 0 Å². The van der Waals surface area contributed by atoms with Gasteiger partial charge in [-0.3, -0.25) is 14.9 Å². The van der Waals surface area contributed by atoms with E-state index in [0.29, 0.717) is 11.4 Å². The molecule has 0 bridgehead atoms. The molecular weight excluding hydrogens is 476 g/mol. The number of carbonyl (C=O) groups is 3. The summed E-state index contributed by atoms with van der Waals surface area (Å²) in [4.78, 5) is 40.0. The van der Waals surface area contributed by atoms with E-state index in [2.05, 4.69) is 10.6 Å². The Kier molecular flexibility index (Phi) is 7.36. The van der Waals surface area contributed by atoms with Crippen LogP contribution in [0.1, 0.15) is 19.4 Å². The Balaban J connectivity index is 1.82. The number of sulfone groups is 1. The topological polar surface area (TPSA) is 157 Å². The average molecular weight is 505 g/mol. The number of esters is 1. The predicted molar refractivity (Wildman–Crippen MR) is 128 cm³/mol. The van der Waals surface area contributed by atoms with Crippen molar-refractivity contribution in [2.45, 2.75) is 37.4 Å². The van der Waals surface area contributed by atoms with Gasteiger partial charge in [0, 0.05) is 18.8 Å². The molecule has 2 aromatic rings. The third kappa shape index (κ3) is 5.38. The van der Waals surface area contributed by atoms with Crippen LogP contribution < -0.4 is 26.0 Å². The van der Waals surface area contributed by atoms with E-state index in [1.165, 1.54) is 37.1 Å². The maximum atomic E-state index is 13.2. The molecule has 1 unspecified atom stereocenters. The first-order valence-corrected chi connectivity index (χ1v) is 12.4. The van der Waals surface area contributed by atoms with Crippen LogP contribution in [0.4, 0.5) is 11.4 Å². The number of rotatable bonds is 8. The first-order chi connectivity index (χ1) is 16.4. The second kappa shape index (κ2) is 9.92. The van der Waals surface area contributed by atoms with Gasteiger partial charge in [-0.15, -0.1) is 0 Å². The quantitative estimate of drug-likeness (QED) is 0.204. The number of benzene rings is 2. The summed E-state index contributed by atoms with van der Waals surface area (Å²) in [6.07, 6.45) is -1.57. The molecule has 1 aliphatic rings. The lowest BCUT2D eigenvalue weighted by Crippen LogP contribution is -2.65. The number of nitrogen functional groups attached to an aromatic ring is 1. The summed E-state index contributed by atoms with van der Waals surface area (Å²) in [6.45, 7) is 4.61. The smallest absolute Gasteiger partial charge is 0.343 e. The molecule has 0 aliphatic carbocycles. The fraction of sp³-hybridized carbons (Fsp3) is 0.348. The first kappa shape index (κ1) is 26.0. The summed E-state index contributed by atoms with van der Waals surface area (Å²) in [5, 5.41) is 4.85. The lowest BCUT2D eigenvalue weighted by molar-refractivity contribution is -0.154. The van der Waals surface area contributed by atoms with Crippen LogP contribution >= 0.6 is 0 Å². The van der Waals surface area contributed by atoms with Crippen LogP contribution in [0.5, 0.6) is 5.75 Å². The van der Waals surface area contributed by atoms with Gasteiger partial charge in [0.1, 0.15) is 11.6 Å². The molecule has 11 nitrogen and oxygen atoms in total. The minimum Gasteiger partial charge on any atom is -0.465 e. The highest BCUT2D eigenvalue weighted by atomic mass is 32.2. The van der Waals surface area contributed by atoms with Crippen molar-refractivity contribution in [1.29, 1.82) is 0 Å². The van der Waals surface area contributed by atoms with E-state index < -0.39 is 45.3 Å². The summed E-state index contributed by atoms with van der Waals surface area (Å²) in [7, 11) is -2.38. The standard InChI is InChI=1S/C23H28N4O7S/c1-5-33-20(28)19(25-13-35(31,32)16-9-6-14(2)7-10-16)26-21(29)23(3)22(30)27(4)17-11-8-15(24)12-18(17)34-23/h6-12,19,25H,5,13,24H2,1-4H3,(H,26,29)/t19-,23?/m1/s1. The van der Waals surface area contributed by atoms with Crippen LogP contribution in [0.25, 0.3) is 0 Å². The molecular formula is C23H28N4O7S. The molecule has 1 heterocycles. The van der Waals surface area contributed by atoms with Crippen molar-refractivity contribution in [2.24, 2.45) is 0 Å². The number of anilines is 2. The van der Waals surface area contributed by atoms with Gasteiger partial charge in [0.15, 0.2) is 16.0 Å². The van der Waals surface area contributed by atoms with Crippen LogP contribution in [-0.4, -0.2) is 57.5 Å². The molecule has 2 atom stereocenters. The van der Waals surface area contributed by atoms with Crippen molar-refractivity contribution in [1.82, 2.24) is 10.6 Å². The maximum Gasteiger partial charge on any atom is 0.343 e. The first-order valence-electron chi connectivity index (χ1n) is 10.8. The minimum absolute atomic E-state index is 0.0142. The van der Waals surface area contributed by atoms with E-state index in [0.717, 1.165) is 5.56 Å². The molecule has 0 fully saturated rings. The minimum atomic E-state index is -3.85. The van der Waals surface area contributed by atoms with Crippen LogP contribution in [-0.2, 0) is 29.0 Å². The number of likely N-dealkylation sites (N-methyl/N-ethyl adjacent to an activating group) is 1. The molecule has 188 valence electrons. The molecule has 4 N–H and O–H groups in total. The Hall–Kier alpha value is -3.64. The monoisotopic (exact) mass is 504 g/mol. The third-order valence-electron chi connectivity index (χ3n) is 5.46. The Labute approximate surface area is 203 Å². The van der Waals surface area contributed by atoms with Crippen molar-refractivity contribution in [2.75, 3.05) is 30.2 Å². The number of fused-ring (bicyclic) bond motifs is 1. The number of amides is 2. The van der Waals surface area contributed by atoms with E-state index in [-0.39, 0.29) is 17.3 Å². The summed E-state index contributed by atoms with van der Waals surface area (Å²) in [6, 6.07) is 10.8. The molecule has 2 aromatic carbocycles. The van der Waals surface area contributed by atoms with Crippen molar-refractivity contribution in [3.05, 3.63) is 48.0 Å². The maximum absolute atomic E-state index is 13.2. The normalized spacial score (nSPS) is 18.3. The predicted octanol–water partition coefficient (Wildman–Crippen LogP) is 0.718. The zero-order valence-electron chi connectivity index (χ0n) is 19.8. The number of hydrogen-bond donors (Lipinski definition) is 3. The third-order valence-corrected chi connectivity index (χ3v) is 7.00. The highest BCUT2D eigenvalue weighted by Gasteiger charge is 2.50. The van der Waals surface area contributed by atoms with Gasteiger partial charge in [-0.2, -0.15) is 0 Å². The molecule has 0 saturated carbocycles. The van der Waals surface area contributed by atoms with Crippen LogP contribution in [0.2, 0.25) is 0 Å². The van der Waals surface area contributed by atoms with E-state index >= 15 is 0 Å². The van der Waals surface area contributed by atoms with E-state index in [9.17, 15) is 22.8 Å². The molecule has 1 aliphatic heterocycles. The highest BCUT2D eigenvalue weighted by molar-refractivity contribution is 7.91. The number of ether oxygens (including phenoxy) is 2. The van der Waals surface area contributed by atoms with Gasteiger partial charge in [0.25, 0.3) is 17.4 Å². The van der Waals surface area contributed by atoms with Crippen LogP contribution in [0, 0.1) is 6.92 Å². The van der Waals surface area contributed by atoms with Crippen molar-refractivity contribution in [3.8, 4) is 5.75 Å².